The van der Waals surface area contributed by atoms with Gasteiger partial charge in [-0.1, -0.05) is 65.5 Å². The van der Waals surface area contributed by atoms with Gasteiger partial charge < -0.3 is 14.6 Å². The Morgan fingerprint density at radius 3 is 2.58 bits per heavy atom. The molecule has 4 nitrogen and oxygen atoms in total. The molecular weight excluding hydrogens is 428 g/mol. The molecule has 0 fully saturated rings. The Hall–Kier alpha value is -1.13. The van der Waals surface area contributed by atoms with E-state index < -0.39 is 14.3 Å². The van der Waals surface area contributed by atoms with E-state index in [1.165, 1.54) is 31.3 Å². The van der Waals surface area contributed by atoms with Crippen LogP contribution in [-0.2, 0) is 9.22 Å². The molecule has 5 heteroatoms. The van der Waals surface area contributed by atoms with Crippen molar-refractivity contribution >= 4 is 14.3 Å². The van der Waals surface area contributed by atoms with Gasteiger partial charge in [0.1, 0.15) is 0 Å². The minimum Gasteiger partial charge on any atom is -0.481 e. The van der Waals surface area contributed by atoms with E-state index in [1.54, 1.807) is 6.08 Å². The molecule has 33 heavy (non-hydrogen) atoms. The topological polar surface area (TPSA) is 66.8 Å². The van der Waals surface area contributed by atoms with Crippen molar-refractivity contribution in [3.8, 4) is 0 Å². The Labute approximate surface area is 204 Å². The molecule has 3 unspecified atom stereocenters. The van der Waals surface area contributed by atoms with Crippen LogP contribution in [-0.4, -0.2) is 36.7 Å². The molecular formula is C28H50O4Si. The number of rotatable bonds is 15. The first-order chi connectivity index (χ1) is 15.4. The predicted molar refractivity (Wildman–Crippen MR) is 141 cm³/mol. The van der Waals surface area contributed by atoms with Gasteiger partial charge >= 0.3 is 5.97 Å². The van der Waals surface area contributed by atoms with E-state index >= 15 is 0 Å². The second-order valence-corrected chi connectivity index (χ2v) is 16.1. The normalized spacial score (nSPS) is 20.7. The molecule has 0 heterocycles. The minimum absolute atomic E-state index is 0.000235. The zero-order valence-corrected chi connectivity index (χ0v) is 23.3. The molecule has 0 spiro atoms. The molecule has 0 aromatic carbocycles. The van der Waals surface area contributed by atoms with Crippen molar-refractivity contribution in [1.82, 2.24) is 0 Å². The maximum absolute atomic E-state index is 10.6. The fourth-order valence-electron chi connectivity index (χ4n) is 4.30. The number of carbonyl (C=O) groups is 1. The van der Waals surface area contributed by atoms with Gasteiger partial charge in [-0.25, -0.2) is 0 Å². The summed E-state index contributed by atoms with van der Waals surface area (Å²) in [6, 6.07) is 0. The average Bonchev–Trinajstić information content (AvgIpc) is 3.06. The summed E-state index contributed by atoms with van der Waals surface area (Å²) >= 11 is 0. The van der Waals surface area contributed by atoms with Crippen LogP contribution in [0.25, 0.3) is 0 Å². The van der Waals surface area contributed by atoms with Crippen molar-refractivity contribution in [1.29, 1.82) is 0 Å². The fourth-order valence-corrected chi connectivity index (χ4v) is 5.76. The Balaban J connectivity index is 2.77. The molecule has 190 valence electrons. The number of hydrogen-bond donors (Lipinski definition) is 2. The molecule has 4 atom stereocenters. The summed E-state index contributed by atoms with van der Waals surface area (Å²) in [5, 5.41) is 19.4. The van der Waals surface area contributed by atoms with E-state index in [4.69, 9.17) is 9.53 Å². The van der Waals surface area contributed by atoms with Crippen molar-refractivity contribution < 1.29 is 19.4 Å². The number of aliphatic hydroxyl groups is 1. The summed E-state index contributed by atoms with van der Waals surface area (Å²) < 4.78 is 6.94. The number of carboxylic acid groups (broad SMARTS) is 1. The zero-order valence-electron chi connectivity index (χ0n) is 22.3. The van der Waals surface area contributed by atoms with Crippen LogP contribution in [0.1, 0.15) is 98.8 Å². The quantitative estimate of drug-likeness (QED) is 0.110. The van der Waals surface area contributed by atoms with E-state index in [-0.39, 0.29) is 29.6 Å². The third kappa shape index (κ3) is 10.8. The van der Waals surface area contributed by atoms with Crippen LogP contribution in [0.15, 0.2) is 29.5 Å². The van der Waals surface area contributed by atoms with Gasteiger partial charge in [0, 0.05) is 12.0 Å². The third-order valence-electron chi connectivity index (χ3n) is 7.56. The fraction of sp³-hybridized carbons (Fsp3) is 0.786. The second kappa shape index (κ2) is 14.3. The predicted octanol–water partition coefficient (Wildman–Crippen LogP) is 7.65. The molecule has 1 rings (SSSR count). The largest absolute Gasteiger partial charge is 0.481 e. The standard InChI is InChI=1S/C28H50O4Si/c1-8-9-12-15-22(2)26(32-33(6,7)28(3,4)5)21-19-23-18-20-25(29)24(23)16-13-10-11-14-17-27(30)31/h10,14,18,22,24-26,29H,8-9,12-13,15-17,19-21H2,1-7H3,(H,30,31)/t11?,22?,24-,25?,26?/m1/s1. The summed E-state index contributed by atoms with van der Waals surface area (Å²) in [5.41, 5.74) is 4.32. The van der Waals surface area contributed by atoms with Crippen LogP contribution in [0.5, 0.6) is 0 Å². The Bertz CT molecular complexity index is 683. The first-order valence-electron chi connectivity index (χ1n) is 13.0. The number of aliphatic carboxylic acids is 1. The second-order valence-electron chi connectivity index (χ2n) is 11.4. The van der Waals surface area contributed by atoms with Crippen LogP contribution in [0, 0.1) is 11.8 Å². The van der Waals surface area contributed by atoms with E-state index in [2.05, 4.69) is 59.5 Å². The SMILES string of the molecule is CCCCCC(C)C(CCC1=CCC(O)[C@@H]1CCC=C=CCC(=O)O)O[Si](C)(C)C(C)(C)C. The first kappa shape index (κ1) is 29.9. The Kier molecular flexibility index (Phi) is 13.0. The monoisotopic (exact) mass is 478 g/mol. The summed E-state index contributed by atoms with van der Waals surface area (Å²) in [4.78, 5) is 10.6. The van der Waals surface area contributed by atoms with Crippen LogP contribution >= 0.6 is 0 Å². The van der Waals surface area contributed by atoms with Crippen LogP contribution in [0.4, 0.5) is 0 Å². The van der Waals surface area contributed by atoms with Gasteiger partial charge in [0.05, 0.1) is 12.5 Å². The van der Waals surface area contributed by atoms with Gasteiger partial charge in [-0.05, 0) is 74.7 Å². The van der Waals surface area contributed by atoms with E-state index in [0.717, 1.165) is 32.1 Å². The lowest BCUT2D eigenvalue weighted by Gasteiger charge is -2.41. The summed E-state index contributed by atoms with van der Waals surface area (Å²) in [5.74, 6) is -0.115. The molecule has 0 bridgehead atoms. The van der Waals surface area contributed by atoms with Crippen molar-refractivity contribution in [2.45, 2.75) is 129 Å². The van der Waals surface area contributed by atoms with Crippen LogP contribution in [0.3, 0.4) is 0 Å². The highest BCUT2D eigenvalue weighted by Gasteiger charge is 2.40. The molecule has 0 amide bonds. The Morgan fingerprint density at radius 2 is 1.97 bits per heavy atom. The van der Waals surface area contributed by atoms with Crippen LogP contribution in [0.2, 0.25) is 18.1 Å². The average molecular weight is 479 g/mol. The smallest absolute Gasteiger partial charge is 0.307 e. The highest BCUT2D eigenvalue weighted by atomic mass is 28.4. The lowest BCUT2D eigenvalue weighted by molar-refractivity contribution is -0.136. The number of carboxylic acids is 1. The molecule has 1 aliphatic carbocycles. The molecule has 0 saturated heterocycles. The highest BCUT2D eigenvalue weighted by molar-refractivity contribution is 6.74. The van der Waals surface area contributed by atoms with E-state index in [1.807, 2.05) is 6.08 Å². The summed E-state index contributed by atoms with van der Waals surface area (Å²) in [6.07, 6.45) is 15.1. The molecule has 0 aromatic heterocycles. The number of unbranched alkanes of at least 4 members (excludes halogenated alkanes) is 2. The minimum atomic E-state index is -1.85. The zero-order chi connectivity index (χ0) is 25.1. The van der Waals surface area contributed by atoms with Gasteiger partial charge in [-0.2, -0.15) is 0 Å². The van der Waals surface area contributed by atoms with E-state index in [0.29, 0.717) is 5.92 Å². The van der Waals surface area contributed by atoms with Gasteiger partial charge in [0.2, 0.25) is 0 Å². The third-order valence-corrected chi connectivity index (χ3v) is 12.1. The van der Waals surface area contributed by atoms with Crippen molar-refractivity contribution in [3.63, 3.8) is 0 Å². The lowest BCUT2D eigenvalue weighted by atomic mass is 9.88. The first-order valence-corrected chi connectivity index (χ1v) is 16.0. The van der Waals surface area contributed by atoms with Crippen LogP contribution < -0.4 is 0 Å². The molecule has 0 aromatic rings. The highest BCUT2D eigenvalue weighted by Crippen LogP contribution is 2.40. The van der Waals surface area contributed by atoms with E-state index in [9.17, 15) is 9.90 Å². The molecule has 0 saturated carbocycles. The van der Waals surface area contributed by atoms with Crippen molar-refractivity contribution in [2.75, 3.05) is 0 Å². The maximum atomic E-state index is 10.6. The van der Waals surface area contributed by atoms with Crippen molar-refractivity contribution in [2.24, 2.45) is 11.8 Å². The molecule has 2 N–H and O–H groups in total. The number of aliphatic hydroxyl groups excluding tert-OH is 1. The van der Waals surface area contributed by atoms with Gasteiger partial charge in [-0.15, -0.1) is 5.73 Å². The summed E-state index contributed by atoms with van der Waals surface area (Å²) in [7, 11) is -1.85. The Morgan fingerprint density at radius 1 is 1.27 bits per heavy atom. The molecule has 1 aliphatic rings. The summed E-state index contributed by atoms with van der Waals surface area (Å²) in [6.45, 7) is 16.2. The number of hydrogen-bond acceptors (Lipinski definition) is 3. The van der Waals surface area contributed by atoms with Crippen molar-refractivity contribution in [3.05, 3.63) is 29.5 Å². The van der Waals surface area contributed by atoms with Gasteiger partial charge in [-0.3, -0.25) is 4.79 Å². The molecule has 0 radical (unpaired) electrons. The van der Waals surface area contributed by atoms with Gasteiger partial charge in [0.15, 0.2) is 8.32 Å². The lowest BCUT2D eigenvalue weighted by Crippen LogP contribution is -2.45. The molecule has 0 aliphatic heterocycles. The maximum Gasteiger partial charge on any atom is 0.307 e. The van der Waals surface area contributed by atoms with Gasteiger partial charge in [0.25, 0.3) is 0 Å².